The van der Waals surface area contributed by atoms with Crippen LogP contribution < -0.4 is 15.8 Å². The first kappa shape index (κ1) is 24.4. The molecule has 3 aromatic rings. The van der Waals surface area contributed by atoms with Gasteiger partial charge in [-0.3, -0.25) is 0 Å². The molecule has 10 heteroatoms. The summed E-state index contributed by atoms with van der Waals surface area (Å²) in [4.78, 5) is 12.3. The van der Waals surface area contributed by atoms with Gasteiger partial charge in [-0.2, -0.15) is 0 Å². The molecule has 2 atom stereocenters. The number of aliphatic hydroxyl groups excluding tert-OH is 2. The summed E-state index contributed by atoms with van der Waals surface area (Å²) in [5.41, 5.74) is 9.72. The quantitative estimate of drug-likeness (QED) is 0.373. The second-order valence-corrected chi connectivity index (χ2v) is 8.06. The summed E-state index contributed by atoms with van der Waals surface area (Å²) in [5.74, 6) is -0.753. The number of hydrogen-bond donors (Lipinski definition) is 4. The lowest BCUT2D eigenvalue weighted by Gasteiger charge is -2.21. The molecule has 4 rings (SSSR count). The highest BCUT2D eigenvalue weighted by atomic mass is 19.4. The van der Waals surface area contributed by atoms with E-state index in [1.807, 2.05) is 48.5 Å². The lowest BCUT2D eigenvalue weighted by molar-refractivity contribution is -0.274. The number of nitrogens with one attached hydrogen (secondary N) is 1. The smallest absolute Gasteiger partial charge is 0.449 e. The van der Waals surface area contributed by atoms with Crippen molar-refractivity contribution < 1.29 is 37.7 Å². The number of rotatable bonds is 7. The van der Waals surface area contributed by atoms with Crippen LogP contribution in [0.15, 0.2) is 66.7 Å². The van der Waals surface area contributed by atoms with Crippen molar-refractivity contribution in [3.8, 4) is 16.9 Å². The van der Waals surface area contributed by atoms with Gasteiger partial charge in [0.25, 0.3) is 0 Å². The third kappa shape index (κ3) is 5.50. The maximum absolute atomic E-state index is 12.5. The van der Waals surface area contributed by atoms with Crippen LogP contribution >= 0.6 is 0 Å². The predicted octanol–water partition coefficient (Wildman–Crippen LogP) is 4.10. The van der Waals surface area contributed by atoms with Gasteiger partial charge in [-0.15, -0.1) is 13.2 Å². The van der Waals surface area contributed by atoms with Gasteiger partial charge in [0.15, 0.2) is 0 Å². The normalized spacial score (nSPS) is 14.5. The summed E-state index contributed by atoms with van der Waals surface area (Å²) >= 11 is 0. The number of amides is 1. The average molecular weight is 488 g/mol. The Labute approximate surface area is 198 Å². The largest absolute Gasteiger partial charge is 0.573 e. The molecular formula is C25H23F3N2O5. The fraction of sp³-hybridized carbons (Fsp3) is 0.240. The fourth-order valence-corrected chi connectivity index (χ4v) is 4.16. The SMILES string of the molecule is Nc1ccc(OC(F)(F)F)cc1C(O)C(O)CNC(=O)OCC1c2ccccc2-c2ccccc21. The van der Waals surface area contributed by atoms with E-state index in [1.165, 1.54) is 0 Å². The second kappa shape index (κ2) is 9.85. The van der Waals surface area contributed by atoms with E-state index in [4.69, 9.17) is 10.5 Å². The van der Waals surface area contributed by atoms with Gasteiger partial charge in [-0.05, 0) is 40.5 Å². The van der Waals surface area contributed by atoms with Crippen LogP contribution in [0.2, 0.25) is 0 Å². The monoisotopic (exact) mass is 488 g/mol. The van der Waals surface area contributed by atoms with Crippen molar-refractivity contribution in [1.29, 1.82) is 0 Å². The highest BCUT2D eigenvalue weighted by Gasteiger charge is 2.32. The van der Waals surface area contributed by atoms with E-state index >= 15 is 0 Å². The number of ether oxygens (including phenoxy) is 2. The van der Waals surface area contributed by atoms with Gasteiger partial charge in [-0.25, -0.2) is 4.79 Å². The second-order valence-electron chi connectivity index (χ2n) is 8.06. The molecule has 0 saturated carbocycles. The molecule has 0 aromatic heterocycles. The molecule has 0 radical (unpaired) electrons. The van der Waals surface area contributed by atoms with E-state index in [2.05, 4.69) is 10.1 Å². The minimum absolute atomic E-state index is 0.0489. The molecule has 35 heavy (non-hydrogen) atoms. The van der Waals surface area contributed by atoms with Crippen molar-refractivity contribution in [3.05, 3.63) is 83.4 Å². The number of carbonyl (C=O) groups is 1. The Bertz CT molecular complexity index is 1170. The first-order valence-corrected chi connectivity index (χ1v) is 10.7. The summed E-state index contributed by atoms with van der Waals surface area (Å²) in [6.45, 7) is -0.371. The number of hydrogen-bond acceptors (Lipinski definition) is 6. The van der Waals surface area contributed by atoms with Crippen molar-refractivity contribution in [1.82, 2.24) is 5.32 Å². The Balaban J connectivity index is 1.34. The number of aliphatic hydroxyl groups is 2. The van der Waals surface area contributed by atoms with E-state index < -0.39 is 37.0 Å². The van der Waals surface area contributed by atoms with Gasteiger partial charge in [0.2, 0.25) is 0 Å². The first-order chi connectivity index (χ1) is 16.6. The third-order valence-electron chi connectivity index (χ3n) is 5.77. The van der Waals surface area contributed by atoms with Gasteiger partial charge >= 0.3 is 12.5 Å². The lowest BCUT2D eigenvalue weighted by Crippen LogP contribution is -2.36. The average Bonchev–Trinajstić information content (AvgIpc) is 3.15. The molecular weight excluding hydrogens is 465 g/mol. The lowest BCUT2D eigenvalue weighted by atomic mass is 9.98. The van der Waals surface area contributed by atoms with Crippen LogP contribution in [0.25, 0.3) is 11.1 Å². The minimum Gasteiger partial charge on any atom is -0.449 e. The van der Waals surface area contributed by atoms with E-state index in [-0.39, 0.29) is 23.8 Å². The van der Waals surface area contributed by atoms with Crippen molar-refractivity contribution in [2.24, 2.45) is 0 Å². The molecule has 2 unspecified atom stereocenters. The van der Waals surface area contributed by atoms with Crippen molar-refractivity contribution in [3.63, 3.8) is 0 Å². The topological polar surface area (TPSA) is 114 Å². The molecule has 0 saturated heterocycles. The summed E-state index contributed by atoms with van der Waals surface area (Å²) in [7, 11) is 0. The van der Waals surface area contributed by atoms with Gasteiger partial charge in [-0.1, -0.05) is 48.5 Å². The molecule has 1 amide bonds. The summed E-state index contributed by atoms with van der Waals surface area (Å²) < 4.78 is 46.6. The number of fused-ring (bicyclic) bond motifs is 3. The maximum atomic E-state index is 12.5. The Kier molecular flexibility index (Phi) is 6.86. The van der Waals surface area contributed by atoms with Crippen molar-refractivity contribution in [2.45, 2.75) is 24.5 Å². The molecule has 1 aliphatic carbocycles. The zero-order valence-corrected chi connectivity index (χ0v) is 18.3. The van der Waals surface area contributed by atoms with Crippen LogP contribution in [-0.2, 0) is 4.74 Å². The number of anilines is 1. The minimum atomic E-state index is -4.93. The zero-order chi connectivity index (χ0) is 25.2. The Morgan fingerprint density at radius 1 is 1.00 bits per heavy atom. The summed E-state index contributed by atoms with van der Waals surface area (Å²) in [6, 6.07) is 18.7. The van der Waals surface area contributed by atoms with Crippen LogP contribution in [-0.4, -0.2) is 41.9 Å². The molecule has 0 fully saturated rings. The molecule has 0 bridgehead atoms. The molecule has 0 spiro atoms. The van der Waals surface area contributed by atoms with Gasteiger partial charge in [0.05, 0.1) is 0 Å². The predicted molar refractivity (Wildman–Crippen MR) is 122 cm³/mol. The van der Waals surface area contributed by atoms with Crippen LogP contribution in [0.1, 0.15) is 28.7 Å². The Morgan fingerprint density at radius 2 is 1.60 bits per heavy atom. The van der Waals surface area contributed by atoms with Gasteiger partial charge in [0, 0.05) is 23.7 Å². The highest BCUT2D eigenvalue weighted by Crippen LogP contribution is 2.44. The summed E-state index contributed by atoms with van der Waals surface area (Å²) in [5, 5.41) is 23.0. The molecule has 5 N–H and O–H groups in total. The standard InChI is InChI=1S/C25H23F3N2O5/c26-25(27,28)35-14-9-10-21(29)19(11-14)23(32)22(31)12-30-24(33)34-13-20-17-7-3-1-5-15(17)16-6-2-4-8-18(16)20/h1-11,20,22-23,31-32H,12-13,29H2,(H,30,33). The van der Waals surface area contributed by atoms with E-state index in [1.54, 1.807) is 0 Å². The van der Waals surface area contributed by atoms with Crippen LogP contribution in [0, 0.1) is 0 Å². The maximum Gasteiger partial charge on any atom is 0.573 e. The third-order valence-corrected chi connectivity index (χ3v) is 5.77. The van der Waals surface area contributed by atoms with Crippen LogP contribution in [0.5, 0.6) is 5.75 Å². The number of nitrogens with two attached hydrogens (primary N) is 1. The molecule has 0 heterocycles. The number of nitrogen functional groups attached to an aromatic ring is 1. The fourth-order valence-electron chi connectivity index (χ4n) is 4.16. The zero-order valence-electron chi connectivity index (χ0n) is 18.3. The van der Waals surface area contributed by atoms with E-state index in [0.29, 0.717) is 0 Å². The van der Waals surface area contributed by atoms with E-state index in [9.17, 15) is 28.2 Å². The molecule has 3 aromatic carbocycles. The van der Waals surface area contributed by atoms with Crippen molar-refractivity contribution in [2.75, 3.05) is 18.9 Å². The Hall–Kier alpha value is -3.76. The van der Waals surface area contributed by atoms with Crippen LogP contribution in [0.4, 0.5) is 23.7 Å². The Morgan fingerprint density at radius 3 is 2.20 bits per heavy atom. The van der Waals surface area contributed by atoms with Gasteiger partial charge in [0.1, 0.15) is 24.6 Å². The number of alkyl halides is 3. The van der Waals surface area contributed by atoms with Gasteiger partial charge < -0.3 is 30.7 Å². The number of alkyl carbamates (subject to hydrolysis) is 1. The highest BCUT2D eigenvalue weighted by molar-refractivity contribution is 5.79. The van der Waals surface area contributed by atoms with E-state index in [0.717, 1.165) is 40.5 Å². The first-order valence-electron chi connectivity index (χ1n) is 10.7. The molecule has 184 valence electrons. The summed E-state index contributed by atoms with van der Waals surface area (Å²) in [6.07, 6.45) is -9.00. The van der Waals surface area contributed by atoms with Crippen molar-refractivity contribution >= 4 is 11.8 Å². The molecule has 0 aliphatic heterocycles. The molecule has 7 nitrogen and oxygen atoms in total. The number of halogens is 3. The number of carbonyl (C=O) groups excluding carboxylic acids is 1. The molecule has 1 aliphatic rings. The number of benzene rings is 3. The van der Waals surface area contributed by atoms with Crippen LogP contribution in [0.3, 0.4) is 0 Å².